The van der Waals surface area contributed by atoms with Crippen LogP contribution in [-0.4, -0.2) is 25.7 Å². The molecule has 0 radical (unpaired) electrons. The van der Waals surface area contributed by atoms with Gasteiger partial charge in [0.2, 0.25) is 0 Å². The molecule has 0 aliphatic rings. The number of rotatable bonds is 6. The standard InChI is InChI=1S/C14H21NO3/c1-10(2)11-4-6-12(7-5-11)18-9-8-13(15)14(16)17-3/h4-7,10,13H,8-9,15H2,1-3H3. The lowest BCUT2D eigenvalue weighted by Crippen LogP contribution is -2.33. The Labute approximate surface area is 108 Å². The summed E-state index contributed by atoms with van der Waals surface area (Å²) in [4.78, 5) is 11.1. The highest BCUT2D eigenvalue weighted by atomic mass is 16.5. The number of benzene rings is 1. The topological polar surface area (TPSA) is 61.5 Å². The van der Waals surface area contributed by atoms with Crippen molar-refractivity contribution in [2.75, 3.05) is 13.7 Å². The predicted octanol–water partition coefficient (Wildman–Crippen LogP) is 2.08. The van der Waals surface area contributed by atoms with Crippen molar-refractivity contribution in [3.05, 3.63) is 29.8 Å². The van der Waals surface area contributed by atoms with Crippen LogP contribution in [0.5, 0.6) is 5.75 Å². The number of nitrogens with two attached hydrogens (primary N) is 1. The molecular weight excluding hydrogens is 230 g/mol. The quantitative estimate of drug-likeness (QED) is 0.786. The maximum atomic E-state index is 11.1. The minimum absolute atomic E-state index is 0.400. The van der Waals surface area contributed by atoms with Crippen molar-refractivity contribution in [2.45, 2.75) is 32.2 Å². The van der Waals surface area contributed by atoms with Gasteiger partial charge in [-0.25, -0.2) is 0 Å². The van der Waals surface area contributed by atoms with E-state index in [2.05, 4.69) is 18.6 Å². The summed E-state index contributed by atoms with van der Waals surface area (Å²) in [5, 5.41) is 0. The molecule has 0 saturated carbocycles. The van der Waals surface area contributed by atoms with Crippen molar-refractivity contribution in [3.8, 4) is 5.75 Å². The zero-order valence-electron chi connectivity index (χ0n) is 11.2. The van der Waals surface area contributed by atoms with Gasteiger partial charge in [0.1, 0.15) is 11.8 Å². The maximum absolute atomic E-state index is 11.1. The molecular formula is C14H21NO3. The van der Waals surface area contributed by atoms with Gasteiger partial charge >= 0.3 is 5.97 Å². The summed E-state index contributed by atoms with van der Waals surface area (Å²) < 4.78 is 10.1. The first-order chi connectivity index (χ1) is 8.54. The minimum atomic E-state index is -0.620. The Kier molecular flexibility index (Phi) is 5.65. The molecule has 1 aromatic carbocycles. The fourth-order valence-electron chi connectivity index (χ4n) is 1.52. The van der Waals surface area contributed by atoms with Gasteiger partial charge in [0.25, 0.3) is 0 Å². The van der Waals surface area contributed by atoms with E-state index in [4.69, 9.17) is 10.5 Å². The van der Waals surface area contributed by atoms with Crippen molar-refractivity contribution < 1.29 is 14.3 Å². The van der Waals surface area contributed by atoms with E-state index < -0.39 is 12.0 Å². The molecule has 0 bridgehead atoms. The molecule has 0 aliphatic heterocycles. The van der Waals surface area contributed by atoms with Gasteiger partial charge in [0.05, 0.1) is 13.7 Å². The second-order valence-electron chi connectivity index (χ2n) is 4.49. The van der Waals surface area contributed by atoms with Gasteiger partial charge < -0.3 is 15.2 Å². The number of ether oxygens (including phenoxy) is 2. The average Bonchev–Trinajstić information content (AvgIpc) is 2.38. The van der Waals surface area contributed by atoms with Crippen LogP contribution in [0.3, 0.4) is 0 Å². The first-order valence-electron chi connectivity index (χ1n) is 6.10. The van der Waals surface area contributed by atoms with Gasteiger partial charge in [-0.2, -0.15) is 0 Å². The van der Waals surface area contributed by atoms with Gasteiger partial charge in [0, 0.05) is 6.42 Å². The number of hydrogen-bond acceptors (Lipinski definition) is 4. The van der Waals surface area contributed by atoms with Gasteiger partial charge in [-0.3, -0.25) is 4.79 Å². The third kappa shape index (κ3) is 4.37. The summed E-state index contributed by atoms with van der Waals surface area (Å²) in [6.45, 7) is 4.69. The van der Waals surface area contributed by atoms with Crippen molar-refractivity contribution in [2.24, 2.45) is 5.73 Å². The minimum Gasteiger partial charge on any atom is -0.494 e. The van der Waals surface area contributed by atoms with E-state index in [9.17, 15) is 4.79 Å². The van der Waals surface area contributed by atoms with Crippen molar-refractivity contribution in [1.29, 1.82) is 0 Å². The van der Waals surface area contributed by atoms with Crippen molar-refractivity contribution >= 4 is 5.97 Å². The highest BCUT2D eigenvalue weighted by Crippen LogP contribution is 2.18. The van der Waals surface area contributed by atoms with Crippen molar-refractivity contribution in [1.82, 2.24) is 0 Å². The van der Waals surface area contributed by atoms with Crippen LogP contribution >= 0.6 is 0 Å². The summed E-state index contributed by atoms with van der Waals surface area (Å²) in [7, 11) is 1.33. The zero-order chi connectivity index (χ0) is 13.5. The summed E-state index contributed by atoms with van der Waals surface area (Å²) in [6, 6.07) is 7.32. The lowest BCUT2D eigenvalue weighted by atomic mass is 10.0. The SMILES string of the molecule is COC(=O)C(N)CCOc1ccc(C(C)C)cc1. The van der Waals surface area contributed by atoms with E-state index >= 15 is 0 Å². The molecule has 1 unspecified atom stereocenters. The van der Waals surface area contributed by atoms with E-state index in [1.807, 2.05) is 24.3 Å². The van der Waals surface area contributed by atoms with E-state index in [0.717, 1.165) is 5.75 Å². The van der Waals surface area contributed by atoms with Crippen LogP contribution < -0.4 is 10.5 Å². The van der Waals surface area contributed by atoms with Gasteiger partial charge in [-0.05, 0) is 23.6 Å². The van der Waals surface area contributed by atoms with E-state index in [1.54, 1.807) is 0 Å². The Bertz CT molecular complexity index is 373. The lowest BCUT2D eigenvalue weighted by molar-refractivity contribution is -0.142. The molecule has 0 aliphatic carbocycles. The van der Waals surface area contributed by atoms with Gasteiger partial charge in [-0.15, -0.1) is 0 Å². The number of hydrogen-bond donors (Lipinski definition) is 1. The molecule has 100 valence electrons. The third-order valence-corrected chi connectivity index (χ3v) is 2.75. The van der Waals surface area contributed by atoms with Crippen molar-refractivity contribution in [3.63, 3.8) is 0 Å². The van der Waals surface area contributed by atoms with Crippen LogP contribution in [0.25, 0.3) is 0 Å². The van der Waals surface area contributed by atoms with E-state index in [1.165, 1.54) is 12.7 Å². The average molecular weight is 251 g/mol. The Morgan fingerprint density at radius 3 is 2.39 bits per heavy atom. The largest absolute Gasteiger partial charge is 0.494 e. The Morgan fingerprint density at radius 1 is 1.28 bits per heavy atom. The normalized spacial score (nSPS) is 12.3. The molecule has 0 saturated heterocycles. The molecule has 1 rings (SSSR count). The molecule has 0 aromatic heterocycles. The molecule has 18 heavy (non-hydrogen) atoms. The maximum Gasteiger partial charge on any atom is 0.322 e. The van der Waals surface area contributed by atoms with Crippen LogP contribution in [0.2, 0.25) is 0 Å². The summed E-state index contributed by atoms with van der Waals surface area (Å²) in [5.41, 5.74) is 6.87. The molecule has 1 atom stereocenters. The van der Waals surface area contributed by atoms with E-state index in [-0.39, 0.29) is 0 Å². The van der Waals surface area contributed by atoms with Crippen LogP contribution in [-0.2, 0) is 9.53 Å². The van der Waals surface area contributed by atoms with Crippen LogP contribution in [0.15, 0.2) is 24.3 Å². The predicted molar refractivity (Wildman–Crippen MR) is 70.6 cm³/mol. The third-order valence-electron chi connectivity index (χ3n) is 2.75. The van der Waals surface area contributed by atoms with Crippen LogP contribution in [0.1, 0.15) is 31.7 Å². The van der Waals surface area contributed by atoms with Gasteiger partial charge in [0.15, 0.2) is 0 Å². The Morgan fingerprint density at radius 2 is 1.89 bits per heavy atom. The fraction of sp³-hybridized carbons (Fsp3) is 0.500. The van der Waals surface area contributed by atoms with Gasteiger partial charge in [-0.1, -0.05) is 26.0 Å². The first-order valence-corrected chi connectivity index (χ1v) is 6.10. The zero-order valence-corrected chi connectivity index (χ0v) is 11.2. The molecule has 0 fully saturated rings. The number of carbonyl (C=O) groups is 1. The summed E-state index contributed by atoms with van der Waals surface area (Å²) in [6.07, 6.45) is 0.443. The summed E-state index contributed by atoms with van der Waals surface area (Å²) in [5.74, 6) is 0.886. The highest BCUT2D eigenvalue weighted by Gasteiger charge is 2.13. The first kappa shape index (κ1) is 14.5. The Balaban J connectivity index is 2.38. The van der Waals surface area contributed by atoms with Crippen LogP contribution in [0.4, 0.5) is 0 Å². The summed E-state index contributed by atoms with van der Waals surface area (Å²) >= 11 is 0. The van der Waals surface area contributed by atoms with E-state index in [0.29, 0.717) is 18.9 Å². The highest BCUT2D eigenvalue weighted by molar-refractivity contribution is 5.75. The number of methoxy groups -OCH3 is 1. The number of esters is 1. The second-order valence-corrected chi connectivity index (χ2v) is 4.49. The molecule has 0 heterocycles. The molecule has 2 N–H and O–H groups in total. The molecule has 4 nitrogen and oxygen atoms in total. The molecule has 0 amide bonds. The monoisotopic (exact) mass is 251 g/mol. The van der Waals surface area contributed by atoms with Crippen LogP contribution in [0, 0.1) is 0 Å². The molecule has 1 aromatic rings. The molecule has 0 spiro atoms. The second kappa shape index (κ2) is 7.01. The number of carbonyl (C=O) groups excluding carboxylic acids is 1. The smallest absolute Gasteiger partial charge is 0.322 e. The molecule has 4 heteroatoms. The Hall–Kier alpha value is -1.55. The lowest BCUT2D eigenvalue weighted by Gasteiger charge is -2.11. The fourth-order valence-corrected chi connectivity index (χ4v) is 1.52.